The number of nitrogens with one attached hydrogen (secondary N) is 1. The van der Waals surface area contributed by atoms with E-state index in [1.165, 1.54) is 0 Å². The molecule has 6 nitrogen and oxygen atoms in total. The van der Waals surface area contributed by atoms with Crippen molar-refractivity contribution < 1.29 is 22.7 Å². The van der Waals surface area contributed by atoms with Crippen molar-refractivity contribution in [3.05, 3.63) is 17.1 Å². The normalized spacial score (nSPS) is 19.0. The molecule has 1 N–H and O–H groups in total. The summed E-state index contributed by atoms with van der Waals surface area (Å²) < 4.78 is 38.6. The number of nitrogens with zero attached hydrogens (tertiary/aromatic N) is 2. The molecule has 0 saturated carbocycles. The van der Waals surface area contributed by atoms with E-state index < -0.39 is 25.5 Å². The molecule has 1 aliphatic carbocycles. The van der Waals surface area contributed by atoms with Gasteiger partial charge < -0.3 is 5.32 Å². The second-order valence-corrected chi connectivity index (χ2v) is 3.91. The molecule has 0 aromatic carbocycles. The van der Waals surface area contributed by atoms with Crippen molar-refractivity contribution in [3.63, 3.8) is 0 Å². The minimum Gasteiger partial charge on any atom is -0.330 e. The third-order valence-electron chi connectivity index (χ3n) is 2.46. The summed E-state index contributed by atoms with van der Waals surface area (Å²) in [5.74, 6) is 0. The molecule has 1 atom stereocenters. The lowest BCUT2D eigenvalue weighted by Crippen LogP contribution is -2.43. The number of rotatable bonds is 5. The maximum atomic E-state index is 11.7. The average Bonchev–Trinajstić information content (AvgIpc) is 2.34. The highest BCUT2D eigenvalue weighted by atomic mass is 19.4. The first-order chi connectivity index (χ1) is 8.92. The van der Waals surface area contributed by atoms with Crippen molar-refractivity contribution in [1.29, 1.82) is 0 Å². The van der Waals surface area contributed by atoms with Crippen LogP contribution in [0.2, 0.25) is 0 Å². The van der Waals surface area contributed by atoms with Crippen LogP contribution in [0.1, 0.15) is 19.3 Å². The van der Waals surface area contributed by atoms with Crippen molar-refractivity contribution in [2.45, 2.75) is 31.7 Å². The number of carbonyl (C=O) groups excluding carboxylic acids is 1. The zero-order chi connectivity index (χ0) is 14.3. The van der Waals surface area contributed by atoms with Crippen LogP contribution < -0.4 is 5.32 Å². The molecule has 0 aliphatic heterocycles. The van der Waals surface area contributed by atoms with Crippen LogP contribution in [0.25, 0.3) is 0 Å². The van der Waals surface area contributed by atoms with E-state index >= 15 is 0 Å². The summed E-state index contributed by atoms with van der Waals surface area (Å²) >= 11 is 0. The number of carbonyl (C=O) groups is 1. The Morgan fingerprint density at radius 1 is 1.53 bits per heavy atom. The molecule has 0 spiro atoms. The highest BCUT2D eigenvalue weighted by Crippen LogP contribution is 2.16. The zero-order valence-corrected chi connectivity index (χ0v) is 10.0. The average molecular weight is 281 g/mol. The zero-order valence-electron chi connectivity index (χ0n) is 10.0. The van der Waals surface area contributed by atoms with Gasteiger partial charge in [0, 0.05) is 6.04 Å². The van der Waals surface area contributed by atoms with E-state index in [2.05, 4.69) is 15.3 Å². The van der Waals surface area contributed by atoms with Gasteiger partial charge in [-0.25, -0.2) is 4.79 Å². The number of ether oxygens (including phenoxy) is 1. The number of nitroso groups, excluding NO2 is 1. The van der Waals surface area contributed by atoms with Crippen LogP contribution in [0.3, 0.4) is 0 Å². The topological polar surface area (TPSA) is 71.0 Å². The third kappa shape index (κ3) is 6.18. The fourth-order valence-electron chi connectivity index (χ4n) is 1.59. The van der Waals surface area contributed by atoms with E-state index in [4.69, 9.17) is 0 Å². The summed E-state index contributed by atoms with van der Waals surface area (Å²) in [5.41, 5.74) is 0. The van der Waals surface area contributed by atoms with Gasteiger partial charge in [0.1, 0.15) is 0 Å². The molecule has 0 heterocycles. The SMILES string of the molecule is O=NN(CCOC(F)(F)F)C(=O)NC1C=CCCC1. The Labute approximate surface area is 107 Å². The first kappa shape index (κ1) is 15.4. The van der Waals surface area contributed by atoms with E-state index in [-0.39, 0.29) is 6.04 Å². The molecule has 1 unspecified atom stereocenters. The molecule has 2 amide bonds. The van der Waals surface area contributed by atoms with Crippen molar-refractivity contribution in [2.75, 3.05) is 13.2 Å². The van der Waals surface area contributed by atoms with Gasteiger partial charge in [-0.2, -0.15) is 5.01 Å². The Hall–Kier alpha value is -1.64. The largest absolute Gasteiger partial charge is 0.522 e. The number of allylic oxidation sites excluding steroid dienone is 1. The molecular weight excluding hydrogens is 267 g/mol. The lowest BCUT2D eigenvalue weighted by Gasteiger charge is -2.21. The van der Waals surface area contributed by atoms with E-state index in [9.17, 15) is 22.9 Å². The molecule has 19 heavy (non-hydrogen) atoms. The molecule has 0 fully saturated rings. The van der Waals surface area contributed by atoms with Gasteiger partial charge in [-0.3, -0.25) is 4.74 Å². The lowest BCUT2D eigenvalue weighted by atomic mass is 10.0. The Morgan fingerprint density at radius 2 is 2.26 bits per heavy atom. The minimum atomic E-state index is -4.79. The summed E-state index contributed by atoms with van der Waals surface area (Å²) in [6, 6.07) is -1.06. The van der Waals surface area contributed by atoms with Gasteiger partial charge in [0.2, 0.25) is 0 Å². The summed E-state index contributed by atoms with van der Waals surface area (Å²) in [4.78, 5) is 22.0. The Balaban J connectivity index is 2.36. The number of urea groups is 1. The lowest BCUT2D eigenvalue weighted by molar-refractivity contribution is -0.324. The van der Waals surface area contributed by atoms with Crippen LogP contribution >= 0.6 is 0 Å². The summed E-state index contributed by atoms with van der Waals surface area (Å²) in [6.07, 6.45) is 1.40. The van der Waals surface area contributed by atoms with Gasteiger partial charge in [-0.1, -0.05) is 12.2 Å². The van der Waals surface area contributed by atoms with Crippen LogP contribution in [0.5, 0.6) is 0 Å². The van der Waals surface area contributed by atoms with Gasteiger partial charge in [-0.05, 0) is 19.3 Å². The molecule has 0 radical (unpaired) electrons. The van der Waals surface area contributed by atoms with Crippen molar-refractivity contribution in [2.24, 2.45) is 5.29 Å². The standard InChI is InChI=1S/C10H14F3N3O3/c11-10(12,13)19-7-6-16(15-18)9(17)14-8-4-2-1-3-5-8/h2,4,8H,1,3,5-7H2,(H,14,17). The molecule has 9 heteroatoms. The summed E-state index contributed by atoms with van der Waals surface area (Å²) in [5, 5.41) is 5.23. The summed E-state index contributed by atoms with van der Waals surface area (Å²) in [7, 11) is 0. The first-order valence-corrected chi connectivity index (χ1v) is 5.71. The van der Waals surface area contributed by atoms with Crippen molar-refractivity contribution in [3.8, 4) is 0 Å². The van der Waals surface area contributed by atoms with Crippen molar-refractivity contribution >= 4 is 6.03 Å². The maximum Gasteiger partial charge on any atom is 0.522 e. The second kappa shape index (κ2) is 7.07. The van der Waals surface area contributed by atoms with Crippen LogP contribution in [0, 0.1) is 4.91 Å². The van der Waals surface area contributed by atoms with Gasteiger partial charge in [-0.15, -0.1) is 18.1 Å². The number of alkyl halides is 3. The molecule has 0 saturated heterocycles. The smallest absolute Gasteiger partial charge is 0.330 e. The van der Waals surface area contributed by atoms with Crippen LogP contribution in [0.15, 0.2) is 17.4 Å². The maximum absolute atomic E-state index is 11.7. The van der Waals surface area contributed by atoms with Crippen LogP contribution in [-0.4, -0.2) is 36.6 Å². The van der Waals surface area contributed by atoms with Crippen LogP contribution in [0.4, 0.5) is 18.0 Å². The number of halogens is 3. The van der Waals surface area contributed by atoms with Crippen molar-refractivity contribution in [1.82, 2.24) is 10.3 Å². The highest BCUT2D eigenvalue weighted by molar-refractivity contribution is 5.74. The predicted octanol–water partition coefficient (Wildman–Crippen LogP) is 2.32. The quantitative estimate of drug-likeness (QED) is 0.477. The molecule has 0 bridgehead atoms. The van der Waals surface area contributed by atoms with Gasteiger partial charge in [0.25, 0.3) is 0 Å². The van der Waals surface area contributed by atoms with Gasteiger partial charge in [0.15, 0.2) is 0 Å². The predicted molar refractivity (Wildman–Crippen MR) is 59.8 cm³/mol. The summed E-state index contributed by atoms with van der Waals surface area (Å²) in [6.45, 7) is -1.41. The fourth-order valence-corrected chi connectivity index (χ4v) is 1.59. The number of hydrogen-bond acceptors (Lipinski definition) is 4. The first-order valence-electron chi connectivity index (χ1n) is 5.71. The molecule has 0 aromatic rings. The number of hydrogen-bond donors (Lipinski definition) is 1. The Kier molecular flexibility index (Phi) is 5.74. The Morgan fingerprint density at radius 3 is 2.79 bits per heavy atom. The molecule has 108 valence electrons. The van der Waals surface area contributed by atoms with E-state index in [0.29, 0.717) is 11.4 Å². The monoisotopic (exact) mass is 281 g/mol. The van der Waals surface area contributed by atoms with E-state index in [1.807, 2.05) is 6.08 Å². The third-order valence-corrected chi connectivity index (χ3v) is 2.46. The minimum absolute atomic E-state index is 0.228. The van der Waals surface area contributed by atoms with Gasteiger partial charge in [0.05, 0.1) is 18.4 Å². The molecule has 0 aromatic heterocycles. The molecule has 1 aliphatic rings. The second-order valence-electron chi connectivity index (χ2n) is 3.91. The van der Waals surface area contributed by atoms with Gasteiger partial charge >= 0.3 is 12.4 Å². The van der Waals surface area contributed by atoms with E-state index in [0.717, 1.165) is 12.8 Å². The Bertz CT molecular complexity index is 347. The number of amides is 2. The van der Waals surface area contributed by atoms with E-state index in [1.54, 1.807) is 6.08 Å². The molecule has 1 rings (SSSR count). The molecular formula is C10H14F3N3O3. The highest BCUT2D eigenvalue weighted by Gasteiger charge is 2.29. The van der Waals surface area contributed by atoms with Crippen LogP contribution in [-0.2, 0) is 4.74 Å². The fraction of sp³-hybridized carbons (Fsp3) is 0.700.